The van der Waals surface area contributed by atoms with Crippen LogP contribution < -0.4 is 5.56 Å². The van der Waals surface area contributed by atoms with Crippen LogP contribution in [0.4, 0.5) is 4.39 Å². The maximum absolute atomic E-state index is 13.3. The van der Waals surface area contributed by atoms with E-state index in [0.717, 1.165) is 12.0 Å². The smallest absolute Gasteiger partial charge is 0.263 e. The molecule has 5 rings (SSSR count). The largest absolute Gasteiger partial charge is 0.338 e. The lowest BCUT2D eigenvalue weighted by Gasteiger charge is -2.29. The molecule has 7 heteroatoms. The van der Waals surface area contributed by atoms with Gasteiger partial charge in [0, 0.05) is 32.1 Å². The van der Waals surface area contributed by atoms with Gasteiger partial charge in [0.1, 0.15) is 11.6 Å². The lowest BCUT2D eigenvalue weighted by molar-refractivity contribution is -0.132. The third-order valence-corrected chi connectivity index (χ3v) is 6.11. The molecule has 166 valence electrons. The van der Waals surface area contributed by atoms with Crippen LogP contribution in [0.2, 0.25) is 0 Å². The predicted molar refractivity (Wildman–Crippen MR) is 123 cm³/mol. The Labute approximate surface area is 190 Å². The zero-order valence-electron chi connectivity index (χ0n) is 18.1. The maximum atomic E-state index is 13.3. The van der Waals surface area contributed by atoms with E-state index < -0.39 is 0 Å². The van der Waals surface area contributed by atoms with Crippen LogP contribution in [-0.2, 0) is 30.7 Å². The monoisotopic (exact) mass is 442 g/mol. The Morgan fingerprint density at radius 1 is 1.00 bits per heavy atom. The summed E-state index contributed by atoms with van der Waals surface area (Å²) in [4.78, 5) is 36.9. The molecular formula is C26H23FN4O2. The molecule has 0 N–H and O–H groups in total. The highest BCUT2D eigenvalue weighted by Crippen LogP contribution is 2.19. The van der Waals surface area contributed by atoms with E-state index in [1.165, 1.54) is 23.3 Å². The highest BCUT2D eigenvalue weighted by atomic mass is 19.1. The fraction of sp³-hybridized carbons (Fsp3) is 0.231. The minimum atomic E-state index is -0.333. The Bertz CT molecular complexity index is 1380. The molecule has 1 aliphatic heterocycles. The van der Waals surface area contributed by atoms with Gasteiger partial charge in [0.05, 0.1) is 11.9 Å². The van der Waals surface area contributed by atoms with Crippen molar-refractivity contribution in [1.82, 2.24) is 19.4 Å². The summed E-state index contributed by atoms with van der Waals surface area (Å²) in [5, 5.41) is 0.419. The molecule has 2 aromatic carbocycles. The lowest BCUT2D eigenvalue weighted by Crippen LogP contribution is -2.36. The normalized spacial score (nSPS) is 13.2. The average Bonchev–Trinajstić information content (AvgIpc) is 2.85. The maximum Gasteiger partial charge on any atom is 0.263 e. The van der Waals surface area contributed by atoms with E-state index in [4.69, 9.17) is 0 Å². The van der Waals surface area contributed by atoms with Crippen LogP contribution in [0.15, 0.2) is 71.7 Å². The minimum Gasteiger partial charge on any atom is -0.338 e. The zero-order valence-corrected chi connectivity index (χ0v) is 18.1. The van der Waals surface area contributed by atoms with Gasteiger partial charge in [-0.2, -0.15) is 0 Å². The predicted octanol–water partition coefficient (Wildman–Crippen LogP) is 3.50. The Morgan fingerprint density at radius 3 is 2.61 bits per heavy atom. The first kappa shape index (κ1) is 21.0. The van der Waals surface area contributed by atoms with Gasteiger partial charge in [-0.3, -0.25) is 14.2 Å². The van der Waals surface area contributed by atoms with Crippen molar-refractivity contribution in [2.24, 2.45) is 0 Å². The third-order valence-electron chi connectivity index (χ3n) is 6.11. The summed E-state index contributed by atoms with van der Waals surface area (Å²) >= 11 is 0. The molecule has 0 radical (unpaired) electrons. The van der Waals surface area contributed by atoms with Crippen molar-refractivity contribution in [2.75, 3.05) is 6.54 Å². The van der Waals surface area contributed by atoms with E-state index in [0.29, 0.717) is 36.4 Å². The SMILES string of the molecule is O=C(CCc1nc2ncccc2c(=O)n1Cc1ccc(F)cc1)N1CCc2ccccc2C1. The van der Waals surface area contributed by atoms with E-state index in [1.807, 2.05) is 17.0 Å². The molecule has 3 heterocycles. The van der Waals surface area contributed by atoms with Gasteiger partial charge in [-0.25, -0.2) is 14.4 Å². The fourth-order valence-corrected chi connectivity index (χ4v) is 4.31. The zero-order chi connectivity index (χ0) is 22.8. The number of hydrogen-bond acceptors (Lipinski definition) is 4. The van der Waals surface area contributed by atoms with Crippen molar-refractivity contribution in [1.29, 1.82) is 0 Å². The highest BCUT2D eigenvalue weighted by Gasteiger charge is 2.21. The van der Waals surface area contributed by atoms with Gasteiger partial charge < -0.3 is 4.90 Å². The molecule has 33 heavy (non-hydrogen) atoms. The summed E-state index contributed by atoms with van der Waals surface area (Å²) in [6, 6.07) is 17.6. The van der Waals surface area contributed by atoms with Crippen LogP contribution in [0.3, 0.4) is 0 Å². The number of hydrogen-bond donors (Lipinski definition) is 0. The number of nitrogens with zero attached hydrogens (tertiary/aromatic N) is 4. The summed E-state index contributed by atoms with van der Waals surface area (Å²) < 4.78 is 14.9. The summed E-state index contributed by atoms with van der Waals surface area (Å²) in [7, 11) is 0. The average molecular weight is 442 g/mol. The molecule has 0 saturated heterocycles. The van der Waals surface area contributed by atoms with Crippen molar-refractivity contribution < 1.29 is 9.18 Å². The molecule has 0 bridgehead atoms. The van der Waals surface area contributed by atoms with E-state index >= 15 is 0 Å². The number of amides is 1. The van der Waals surface area contributed by atoms with E-state index in [-0.39, 0.29) is 30.2 Å². The molecule has 2 aromatic heterocycles. The van der Waals surface area contributed by atoms with Gasteiger partial charge in [-0.15, -0.1) is 0 Å². The Kier molecular flexibility index (Phi) is 5.69. The highest BCUT2D eigenvalue weighted by molar-refractivity contribution is 5.77. The Hall–Kier alpha value is -3.87. The van der Waals surface area contributed by atoms with Gasteiger partial charge in [0.2, 0.25) is 5.91 Å². The molecule has 0 unspecified atom stereocenters. The Morgan fingerprint density at radius 2 is 1.79 bits per heavy atom. The summed E-state index contributed by atoms with van der Waals surface area (Å²) in [5.41, 5.74) is 3.40. The molecule has 4 aromatic rings. The van der Waals surface area contributed by atoms with Crippen LogP contribution in [-0.4, -0.2) is 31.9 Å². The van der Waals surface area contributed by atoms with Gasteiger partial charge in [-0.05, 0) is 47.4 Å². The Balaban J connectivity index is 1.40. The molecule has 0 saturated carbocycles. The van der Waals surface area contributed by atoms with Crippen LogP contribution in [0.25, 0.3) is 11.0 Å². The lowest BCUT2D eigenvalue weighted by atomic mass is 9.99. The van der Waals surface area contributed by atoms with Crippen molar-refractivity contribution in [3.63, 3.8) is 0 Å². The number of rotatable bonds is 5. The first-order valence-electron chi connectivity index (χ1n) is 11.0. The van der Waals surface area contributed by atoms with Gasteiger partial charge in [0.15, 0.2) is 5.65 Å². The standard InChI is InChI=1S/C26H23FN4O2/c27-21-9-7-18(8-10-21)16-31-23(29-25-22(26(31)33)6-3-14-28-25)11-12-24(32)30-15-13-19-4-1-2-5-20(19)17-30/h1-10,14H,11-13,15-17H2. The van der Waals surface area contributed by atoms with E-state index in [2.05, 4.69) is 22.1 Å². The van der Waals surface area contributed by atoms with E-state index in [1.54, 1.807) is 35.0 Å². The first-order valence-corrected chi connectivity index (χ1v) is 11.0. The number of halogens is 1. The summed E-state index contributed by atoms with van der Waals surface area (Å²) in [5.74, 6) is 0.204. The second-order valence-corrected chi connectivity index (χ2v) is 8.25. The number of benzene rings is 2. The van der Waals surface area contributed by atoms with Gasteiger partial charge in [-0.1, -0.05) is 36.4 Å². The molecular weight excluding hydrogens is 419 g/mol. The second kappa shape index (κ2) is 8.94. The quantitative estimate of drug-likeness (QED) is 0.475. The molecule has 0 fully saturated rings. The fourth-order valence-electron chi connectivity index (χ4n) is 4.31. The molecule has 1 aliphatic rings. The molecule has 0 aliphatic carbocycles. The molecule has 0 atom stereocenters. The van der Waals surface area contributed by atoms with Crippen molar-refractivity contribution in [3.05, 3.63) is 106 Å². The van der Waals surface area contributed by atoms with Gasteiger partial charge >= 0.3 is 0 Å². The van der Waals surface area contributed by atoms with Crippen molar-refractivity contribution in [2.45, 2.75) is 32.4 Å². The van der Waals surface area contributed by atoms with Crippen molar-refractivity contribution >= 4 is 16.9 Å². The number of pyridine rings is 1. The topological polar surface area (TPSA) is 68.1 Å². The third kappa shape index (κ3) is 4.39. The van der Waals surface area contributed by atoms with Crippen LogP contribution in [0.1, 0.15) is 28.9 Å². The van der Waals surface area contributed by atoms with Crippen LogP contribution >= 0.6 is 0 Å². The van der Waals surface area contributed by atoms with Crippen LogP contribution in [0, 0.1) is 5.82 Å². The van der Waals surface area contributed by atoms with E-state index in [9.17, 15) is 14.0 Å². The number of carbonyl (C=O) groups is 1. The minimum absolute atomic E-state index is 0.0354. The first-order chi connectivity index (χ1) is 16.1. The number of fused-ring (bicyclic) bond motifs is 2. The molecule has 0 spiro atoms. The summed E-state index contributed by atoms with van der Waals surface area (Å²) in [6.45, 7) is 1.53. The second-order valence-electron chi connectivity index (χ2n) is 8.25. The molecule has 1 amide bonds. The number of aryl methyl sites for hydroxylation is 1. The summed E-state index contributed by atoms with van der Waals surface area (Å²) in [6.07, 6.45) is 3.00. The molecule has 6 nitrogen and oxygen atoms in total. The number of carbonyl (C=O) groups excluding carboxylic acids is 1. The van der Waals surface area contributed by atoms with Crippen molar-refractivity contribution in [3.8, 4) is 0 Å². The van der Waals surface area contributed by atoms with Gasteiger partial charge in [0.25, 0.3) is 5.56 Å². The van der Waals surface area contributed by atoms with Crippen LogP contribution in [0.5, 0.6) is 0 Å². The number of aromatic nitrogens is 3.